The molecule has 0 atom stereocenters. The van der Waals surface area contributed by atoms with Gasteiger partial charge in [-0.05, 0) is 36.4 Å². The Kier molecular flexibility index (Phi) is 2.93. The first-order valence-corrected chi connectivity index (χ1v) is 7.65. The highest BCUT2D eigenvalue weighted by Gasteiger charge is 2.22. The highest BCUT2D eigenvalue weighted by molar-refractivity contribution is 7.98. The second kappa shape index (κ2) is 4.93. The van der Waals surface area contributed by atoms with Gasteiger partial charge in [-0.3, -0.25) is 0 Å². The number of benzene rings is 1. The minimum absolute atomic E-state index is 0.845. The molecule has 0 bridgehead atoms. The molecule has 0 saturated carbocycles. The van der Waals surface area contributed by atoms with E-state index in [2.05, 4.69) is 16.1 Å². The Morgan fingerprint density at radius 3 is 2.86 bits per heavy atom. The molecule has 0 radical (unpaired) electrons. The lowest BCUT2D eigenvalue weighted by Gasteiger charge is -2.17. The van der Waals surface area contributed by atoms with E-state index in [1.165, 1.54) is 5.56 Å². The van der Waals surface area contributed by atoms with Gasteiger partial charge in [0.1, 0.15) is 10.8 Å². The van der Waals surface area contributed by atoms with Crippen LogP contribution in [0.1, 0.15) is 5.56 Å². The first-order chi connectivity index (χ1) is 10.4. The Labute approximate surface area is 126 Å². The van der Waals surface area contributed by atoms with Crippen molar-refractivity contribution in [3.63, 3.8) is 0 Å². The molecular weight excluding hydrogens is 282 g/mol. The van der Waals surface area contributed by atoms with E-state index in [-0.39, 0.29) is 0 Å². The summed E-state index contributed by atoms with van der Waals surface area (Å²) in [4.78, 5) is 4.46. The lowest BCUT2D eigenvalue weighted by Crippen LogP contribution is -2.03. The van der Waals surface area contributed by atoms with Crippen molar-refractivity contribution in [1.82, 2.24) is 14.8 Å². The fraction of sp³-hybridized carbons (Fsp3) is 0.125. The van der Waals surface area contributed by atoms with Crippen LogP contribution in [0.25, 0.3) is 16.9 Å². The molecule has 0 saturated heterocycles. The van der Waals surface area contributed by atoms with Crippen LogP contribution in [0.2, 0.25) is 0 Å². The van der Waals surface area contributed by atoms with Crippen LogP contribution in [0, 0.1) is 0 Å². The average molecular weight is 295 g/mol. The Bertz CT molecular complexity index is 796. The minimum Gasteiger partial charge on any atom is -0.497 e. The van der Waals surface area contributed by atoms with Gasteiger partial charge in [0.25, 0.3) is 0 Å². The number of hydrogen-bond acceptors (Lipinski definition) is 4. The highest BCUT2D eigenvalue weighted by atomic mass is 32.2. The normalized spacial score (nSPS) is 12.6. The maximum atomic E-state index is 5.21. The predicted molar refractivity (Wildman–Crippen MR) is 82.9 cm³/mol. The zero-order valence-electron chi connectivity index (χ0n) is 11.5. The number of aromatic nitrogens is 3. The summed E-state index contributed by atoms with van der Waals surface area (Å²) in [6, 6.07) is 12.0. The van der Waals surface area contributed by atoms with Gasteiger partial charge in [-0.1, -0.05) is 0 Å². The maximum absolute atomic E-state index is 5.21. The van der Waals surface area contributed by atoms with Crippen LogP contribution in [0.3, 0.4) is 0 Å². The minimum atomic E-state index is 0.845. The van der Waals surface area contributed by atoms with Crippen molar-refractivity contribution in [1.29, 1.82) is 0 Å². The Morgan fingerprint density at radius 1 is 1.19 bits per heavy atom. The van der Waals surface area contributed by atoms with Crippen molar-refractivity contribution in [2.75, 3.05) is 7.11 Å². The van der Waals surface area contributed by atoms with Crippen LogP contribution < -0.4 is 4.74 Å². The number of hydrogen-bond donors (Lipinski definition) is 0. The van der Waals surface area contributed by atoms with Crippen molar-refractivity contribution in [2.24, 2.45) is 0 Å². The fourth-order valence-corrected chi connectivity index (χ4v) is 3.49. The van der Waals surface area contributed by atoms with E-state index in [9.17, 15) is 0 Å². The molecule has 1 aliphatic heterocycles. The van der Waals surface area contributed by atoms with E-state index in [1.54, 1.807) is 18.9 Å². The van der Waals surface area contributed by atoms with E-state index in [0.29, 0.717) is 0 Å². The summed E-state index contributed by atoms with van der Waals surface area (Å²) in [5.41, 5.74) is 4.56. The Hall–Kier alpha value is -2.27. The summed E-state index contributed by atoms with van der Waals surface area (Å²) in [5.74, 6) is 1.76. The molecule has 5 heteroatoms. The molecule has 0 spiro atoms. The lowest BCUT2D eigenvalue weighted by molar-refractivity contribution is 0.414. The predicted octanol–water partition coefficient (Wildman–Crippen LogP) is 3.55. The number of methoxy groups -OCH3 is 1. The molecule has 1 aliphatic rings. The Morgan fingerprint density at radius 2 is 2.05 bits per heavy atom. The third-order valence-electron chi connectivity index (χ3n) is 3.55. The van der Waals surface area contributed by atoms with E-state index in [1.807, 2.05) is 47.4 Å². The van der Waals surface area contributed by atoms with Crippen molar-refractivity contribution in [3.8, 4) is 22.7 Å². The number of pyridine rings is 1. The summed E-state index contributed by atoms with van der Waals surface area (Å²) in [6.45, 7) is 0. The van der Waals surface area contributed by atoms with Crippen molar-refractivity contribution >= 4 is 11.8 Å². The van der Waals surface area contributed by atoms with Gasteiger partial charge in [-0.15, -0.1) is 11.8 Å². The standard InChI is InChI=1S/C16H13N3OS/c1-20-13-6-4-12(5-7-13)19-15-11(9-18-19)10-21-16-14(15)3-2-8-17-16/h2-9H,10H2,1H3. The van der Waals surface area contributed by atoms with E-state index < -0.39 is 0 Å². The molecule has 4 nitrogen and oxygen atoms in total. The average Bonchev–Trinajstić information content (AvgIpc) is 2.99. The summed E-state index contributed by atoms with van der Waals surface area (Å²) >= 11 is 1.76. The summed E-state index contributed by atoms with van der Waals surface area (Å²) < 4.78 is 7.19. The molecule has 104 valence electrons. The first-order valence-electron chi connectivity index (χ1n) is 6.66. The van der Waals surface area contributed by atoms with Crippen LogP contribution in [0.15, 0.2) is 53.8 Å². The monoisotopic (exact) mass is 295 g/mol. The van der Waals surface area contributed by atoms with Gasteiger partial charge in [-0.25, -0.2) is 9.67 Å². The number of rotatable bonds is 2. The third-order valence-corrected chi connectivity index (χ3v) is 4.61. The van der Waals surface area contributed by atoms with E-state index in [4.69, 9.17) is 4.74 Å². The first kappa shape index (κ1) is 12.5. The van der Waals surface area contributed by atoms with Crippen molar-refractivity contribution < 1.29 is 4.74 Å². The van der Waals surface area contributed by atoms with E-state index in [0.717, 1.165) is 33.5 Å². The summed E-state index contributed by atoms with van der Waals surface area (Å²) in [7, 11) is 1.67. The smallest absolute Gasteiger partial charge is 0.119 e. The van der Waals surface area contributed by atoms with Crippen molar-refractivity contribution in [3.05, 3.63) is 54.4 Å². The van der Waals surface area contributed by atoms with Gasteiger partial charge < -0.3 is 4.74 Å². The van der Waals surface area contributed by atoms with Crippen LogP contribution in [0.4, 0.5) is 0 Å². The molecular formula is C16H13N3OS. The third kappa shape index (κ3) is 2.01. The summed E-state index contributed by atoms with van der Waals surface area (Å²) in [5, 5.41) is 5.63. The molecule has 0 aliphatic carbocycles. The molecule has 1 aromatic carbocycles. The van der Waals surface area contributed by atoms with Gasteiger partial charge in [0, 0.05) is 23.1 Å². The molecule has 3 aromatic rings. The largest absolute Gasteiger partial charge is 0.497 e. The fourth-order valence-electron chi connectivity index (χ4n) is 2.53. The molecule has 0 amide bonds. The van der Waals surface area contributed by atoms with Crippen LogP contribution in [-0.4, -0.2) is 21.9 Å². The van der Waals surface area contributed by atoms with Crippen LogP contribution >= 0.6 is 11.8 Å². The van der Waals surface area contributed by atoms with Gasteiger partial charge in [0.15, 0.2) is 0 Å². The molecule has 0 fully saturated rings. The van der Waals surface area contributed by atoms with Crippen LogP contribution in [0.5, 0.6) is 5.75 Å². The maximum Gasteiger partial charge on any atom is 0.119 e. The van der Waals surface area contributed by atoms with Crippen molar-refractivity contribution in [2.45, 2.75) is 10.8 Å². The molecule has 0 unspecified atom stereocenters. The molecule has 4 rings (SSSR count). The molecule has 0 N–H and O–H groups in total. The SMILES string of the molecule is COc1ccc(-n2ncc3c2-c2cccnc2SC3)cc1. The number of nitrogens with zero attached hydrogens (tertiary/aromatic N) is 3. The lowest BCUT2D eigenvalue weighted by atomic mass is 10.1. The van der Waals surface area contributed by atoms with Gasteiger partial charge in [0.05, 0.1) is 24.7 Å². The quantitative estimate of drug-likeness (QED) is 0.725. The molecule has 3 heterocycles. The second-order valence-electron chi connectivity index (χ2n) is 4.77. The zero-order chi connectivity index (χ0) is 14.2. The van der Waals surface area contributed by atoms with Gasteiger partial charge in [-0.2, -0.15) is 5.10 Å². The second-order valence-corrected chi connectivity index (χ2v) is 5.74. The topological polar surface area (TPSA) is 39.9 Å². The Balaban J connectivity index is 1.88. The van der Waals surface area contributed by atoms with Gasteiger partial charge in [0.2, 0.25) is 0 Å². The number of ether oxygens (including phenoxy) is 1. The number of thioether (sulfide) groups is 1. The molecule has 21 heavy (non-hydrogen) atoms. The molecule has 2 aromatic heterocycles. The zero-order valence-corrected chi connectivity index (χ0v) is 12.3. The summed E-state index contributed by atoms with van der Waals surface area (Å²) in [6.07, 6.45) is 3.79. The van der Waals surface area contributed by atoms with Crippen LogP contribution in [-0.2, 0) is 5.75 Å². The number of fused-ring (bicyclic) bond motifs is 3. The van der Waals surface area contributed by atoms with E-state index >= 15 is 0 Å². The van der Waals surface area contributed by atoms with Gasteiger partial charge >= 0.3 is 0 Å². The highest BCUT2D eigenvalue weighted by Crippen LogP contribution is 2.40.